The molecule has 114 valence electrons. The molecule has 1 aliphatic rings. The van der Waals surface area contributed by atoms with Crippen LogP contribution >= 0.6 is 11.3 Å². The number of aromatic amines is 1. The summed E-state index contributed by atoms with van der Waals surface area (Å²) in [6.07, 6.45) is 2.40. The normalized spacial score (nSPS) is 16.6. The van der Waals surface area contributed by atoms with Gasteiger partial charge in [0.05, 0.1) is 15.6 Å². The lowest BCUT2D eigenvalue weighted by Gasteiger charge is -2.30. The monoisotopic (exact) mass is 306 g/mol. The van der Waals surface area contributed by atoms with E-state index in [1.807, 2.05) is 20.9 Å². The van der Waals surface area contributed by atoms with Crippen molar-refractivity contribution in [2.75, 3.05) is 31.6 Å². The third-order valence-electron chi connectivity index (χ3n) is 3.98. The lowest BCUT2D eigenvalue weighted by atomic mass is 9.97. The molecule has 1 fully saturated rings. The average molecular weight is 306 g/mol. The summed E-state index contributed by atoms with van der Waals surface area (Å²) in [4.78, 5) is 12.5. The van der Waals surface area contributed by atoms with E-state index in [2.05, 4.69) is 30.4 Å². The highest BCUT2D eigenvalue weighted by Gasteiger charge is 2.22. The summed E-state index contributed by atoms with van der Waals surface area (Å²) in [6.45, 7) is 7.20. The number of aromatic nitrogens is 4. The van der Waals surface area contributed by atoms with E-state index in [4.69, 9.17) is 0 Å². The Balaban J connectivity index is 1.70. The molecule has 1 aliphatic heterocycles. The van der Waals surface area contributed by atoms with Crippen LogP contribution < -0.4 is 10.2 Å². The Morgan fingerprint density at radius 3 is 2.67 bits per heavy atom. The molecule has 3 rings (SSSR count). The summed E-state index contributed by atoms with van der Waals surface area (Å²) < 4.78 is 0. The van der Waals surface area contributed by atoms with Crippen LogP contribution in [0.3, 0.4) is 0 Å². The van der Waals surface area contributed by atoms with E-state index in [1.54, 1.807) is 11.3 Å². The van der Waals surface area contributed by atoms with Gasteiger partial charge in [-0.25, -0.2) is 4.98 Å². The van der Waals surface area contributed by atoms with Gasteiger partial charge in [0.2, 0.25) is 5.95 Å². The Hall–Kier alpha value is -1.47. The molecule has 0 amide bonds. The largest absolute Gasteiger partial charge is 0.340 e. The van der Waals surface area contributed by atoms with E-state index in [1.165, 1.54) is 12.8 Å². The number of hydrogen-bond acceptors (Lipinski definition) is 6. The van der Waals surface area contributed by atoms with Gasteiger partial charge in [0.1, 0.15) is 0 Å². The standard InChI is InChI=1S/C14H22N6S/c1-9-12(21-10(2)16-9)13-17-14(19-18-13)20-6-4-11(5-7-20)8-15-3/h11,15H,4-8H2,1-3H3,(H,17,18,19). The van der Waals surface area contributed by atoms with E-state index in [9.17, 15) is 0 Å². The molecule has 0 unspecified atom stereocenters. The van der Waals surface area contributed by atoms with Crippen molar-refractivity contribution < 1.29 is 0 Å². The maximum absolute atomic E-state index is 4.66. The van der Waals surface area contributed by atoms with Crippen LogP contribution in [0.15, 0.2) is 0 Å². The van der Waals surface area contributed by atoms with Crippen LogP contribution in [0, 0.1) is 19.8 Å². The Labute approximate surface area is 129 Å². The zero-order chi connectivity index (χ0) is 14.8. The molecule has 2 N–H and O–H groups in total. The molecule has 2 aromatic rings. The van der Waals surface area contributed by atoms with E-state index in [0.29, 0.717) is 0 Å². The molecule has 1 saturated heterocycles. The highest BCUT2D eigenvalue weighted by Crippen LogP contribution is 2.28. The number of anilines is 1. The number of hydrogen-bond donors (Lipinski definition) is 2. The van der Waals surface area contributed by atoms with Crippen LogP contribution in [0.5, 0.6) is 0 Å². The number of piperidine rings is 1. The highest BCUT2D eigenvalue weighted by atomic mass is 32.1. The van der Waals surface area contributed by atoms with Crippen molar-refractivity contribution in [1.82, 2.24) is 25.5 Å². The quantitative estimate of drug-likeness (QED) is 0.904. The van der Waals surface area contributed by atoms with Gasteiger partial charge in [0, 0.05) is 13.1 Å². The number of H-pyrrole nitrogens is 1. The second-order valence-electron chi connectivity index (χ2n) is 5.62. The minimum absolute atomic E-state index is 0.774. The van der Waals surface area contributed by atoms with Crippen molar-refractivity contribution in [1.29, 1.82) is 0 Å². The van der Waals surface area contributed by atoms with Crippen molar-refractivity contribution in [3.05, 3.63) is 10.7 Å². The molecule has 0 bridgehead atoms. The Morgan fingerprint density at radius 2 is 2.05 bits per heavy atom. The van der Waals surface area contributed by atoms with Crippen molar-refractivity contribution >= 4 is 17.3 Å². The molecule has 21 heavy (non-hydrogen) atoms. The first-order valence-corrected chi connectivity index (χ1v) is 8.25. The number of nitrogens with zero attached hydrogens (tertiary/aromatic N) is 4. The molecule has 0 radical (unpaired) electrons. The first-order chi connectivity index (χ1) is 10.2. The number of aryl methyl sites for hydroxylation is 2. The second-order valence-corrected chi connectivity index (χ2v) is 6.82. The van der Waals surface area contributed by atoms with Crippen LogP contribution in [0.2, 0.25) is 0 Å². The van der Waals surface area contributed by atoms with Gasteiger partial charge in [0.25, 0.3) is 0 Å². The fourth-order valence-electron chi connectivity index (χ4n) is 2.87. The van der Waals surface area contributed by atoms with Crippen molar-refractivity contribution in [3.63, 3.8) is 0 Å². The zero-order valence-corrected chi connectivity index (χ0v) is 13.6. The minimum Gasteiger partial charge on any atom is -0.340 e. The maximum atomic E-state index is 4.66. The third kappa shape index (κ3) is 3.08. The van der Waals surface area contributed by atoms with Crippen molar-refractivity contribution in [2.45, 2.75) is 26.7 Å². The predicted octanol–water partition coefficient (Wildman–Crippen LogP) is 1.98. The summed E-state index contributed by atoms with van der Waals surface area (Å²) in [5, 5.41) is 11.8. The third-order valence-corrected chi connectivity index (χ3v) is 5.06. The van der Waals surface area contributed by atoms with Gasteiger partial charge in [0.15, 0.2) is 5.82 Å². The summed E-state index contributed by atoms with van der Waals surface area (Å²) in [5.41, 5.74) is 1.02. The molecule has 0 aromatic carbocycles. The van der Waals surface area contributed by atoms with E-state index < -0.39 is 0 Å². The van der Waals surface area contributed by atoms with Gasteiger partial charge >= 0.3 is 0 Å². The maximum Gasteiger partial charge on any atom is 0.245 e. The van der Waals surface area contributed by atoms with Gasteiger partial charge < -0.3 is 10.2 Å². The topological polar surface area (TPSA) is 69.7 Å². The van der Waals surface area contributed by atoms with Crippen LogP contribution in [-0.2, 0) is 0 Å². The molecule has 7 heteroatoms. The van der Waals surface area contributed by atoms with E-state index in [0.717, 1.165) is 52.9 Å². The van der Waals surface area contributed by atoms with E-state index in [-0.39, 0.29) is 0 Å². The average Bonchev–Trinajstić information content (AvgIpc) is 3.06. The van der Waals surface area contributed by atoms with Gasteiger partial charge in [-0.2, -0.15) is 4.98 Å². The molecule has 3 heterocycles. The van der Waals surface area contributed by atoms with Gasteiger partial charge in [-0.1, -0.05) is 0 Å². The predicted molar refractivity (Wildman–Crippen MR) is 85.8 cm³/mol. The first kappa shape index (κ1) is 14.5. The lowest BCUT2D eigenvalue weighted by Crippen LogP contribution is -2.37. The van der Waals surface area contributed by atoms with Crippen molar-refractivity contribution in [3.8, 4) is 10.7 Å². The molecule has 0 spiro atoms. The van der Waals surface area contributed by atoms with Gasteiger partial charge in [-0.3, -0.25) is 5.10 Å². The Kier molecular flexibility index (Phi) is 4.21. The van der Waals surface area contributed by atoms with Crippen LogP contribution in [0.1, 0.15) is 23.5 Å². The fourth-order valence-corrected chi connectivity index (χ4v) is 3.73. The molecular weight excluding hydrogens is 284 g/mol. The zero-order valence-electron chi connectivity index (χ0n) is 12.8. The summed E-state index contributed by atoms with van der Waals surface area (Å²) in [5.74, 6) is 2.43. The number of thiazole rings is 1. The molecule has 0 atom stereocenters. The summed E-state index contributed by atoms with van der Waals surface area (Å²) >= 11 is 1.66. The highest BCUT2D eigenvalue weighted by molar-refractivity contribution is 7.15. The van der Waals surface area contributed by atoms with E-state index >= 15 is 0 Å². The second kappa shape index (κ2) is 6.11. The molecule has 0 aliphatic carbocycles. The van der Waals surface area contributed by atoms with Crippen LogP contribution in [0.25, 0.3) is 10.7 Å². The number of nitrogens with one attached hydrogen (secondary N) is 2. The summed E-state index contributed by atoms with van der Waals surface area (Å²) in [7, 11) is 2.02. The molecule has 6 nitrogen and oxygen atoms in total. The SMILES string of the molecule is CNCC1CCN(c2n[nH]c(-c3sc(C)nc3C)n2)CC1. The summed E-state index contributed by atoms with van der Waals surface area (Å²) in [6, 6.07) is 0. The number of rotatable bonds is 4. The smallest absolute Gasteiger partial charge is 0.245 e. The Morgan fingerprint density at radius 1 is 1.29 bits per heavy atom. The molecule has 0 saturated carbocycles. The minimum atomic E-state index is 0.774. The molecule has 2 aromatic heterocycles. The van der Waals surface area contributed by atoms with Gasteiger partial charge in [-0.05, 0) is 46.2 Å². The molecular formula is C14H22N6S. The van der Waals surface area contributed by atoms with Crippen molar-refractivity contribution in [2.24, 2.45) is 5.92 Å². The fraction of sp³-hybridized carbons (Fsp3) is 0.643. The Bertz CT molecular complexity index is 596. The van der Waals surface area contributed by atoms with Crippen LogP contribution in [0.4, 0.5) is 5.95 Å². The first-order valence-electron chi connectivity index (χ1n) is 7.43. The lowest BCUT2D eigenvalue weighted by molar-refractivity contribution is 0.391. The van der Waals surface area contributed by atoms with Gasteiger partial charge in [-0.15, -0.1) is 16.4 Å². The van der Waals surface area contributed by atoms with Crippen LogP contribution in [-0.4, -0.2) is 46.8 Å².